The summed E-state index contributed by atoms with van der Waals surface area (Å²) < 4.78 is 17.5. The van der Waals surface area contributed by atoms with Crippen LogP contribution in [0.2, 0.25) is 0 Å². The Kier molecular flexibility index (Phi) is 4.15. The van der Waals surface area contributed by atoms with Crippen LogP contribution < -0.4 is 10.2 Å². The quantitative estimate of drug-likeness (QED) is 0.820. The molecule has 1 aliphatic rings. The third-order valence-corrected chi connectivity index (χ3v) is 3.09. The SMILES string of the molecule is COC(=O)CC1CN(c2ccc(F)cc2)CCN1. The predicted octanol–water partition coefficient (Wildman–Crippen LogP) is 1.17. The number of anilines is 1. The van der Waals surface area contributed by atoms with Gasteiger partial charge in [0.1, 0.15) is 5.82 Å². The minimum atomic E-state index is -0.236. The van der Waals surface area contributed by atoms with E-state index >= 15 is 0 Å². The second-order valence-electron chi connectivity index (χ2n) is 4.35. The number of halogens is 1. The number of rotatable bonds is 3. The summed E-state index contributed by atoms with van der Waals surface area (Å²) in [7, 11) is 1.39. The molecule has 4 nitrogen and oxygen atoms in total. The molecular weight excluding hydrogens is 235 g/mol. The normalized spacial score (nSPS) is 19.7. The molecule has 0 bridgehead atoms. The second kappa shape index (κ2) is 5.82. The maximum Gasteiger partial charge on any atom is 0.307 e. The average Bonchev–Trinajstić information content (AvgIpc) is 2.40. The molecule has 5 heteroatoms. The minimum absolute atomic E-state index is 0.0799. The van der Waals surface area contributed by atoms with Crippen molar-refractivity contribution in [3.05, 3.63) is 30.1 Å². The van der Waals surface area contributed by atoms with Gasteiger partial charge in [0.2, 0.25) is 0 Å². The molecule has 2 rings (SSSR count). The Balaban J connectivity index is 1.98. The van der Waals surface area contributed by atoms with Gasteiger partial charge in [0, 0.05) is 31.4 Å². The number of piperazine rings is 1. The van der Waals surface area contributed by atoms with E-state index in [1.165, 1.54) is 19.2 Å². The molecule has 18 heavy (non-hydrogen) atoms. The number of hydrogen-bond acceptors (Lipinski definition) is 4. The third kappa shape index (κ3) is 3.20. The lowest BCUT2D eigenvalue weighted by Crippen LogP contribution is -2.51. The number of hydrogen-bond donors (Lipinski definition) is 1. The lowest BCUT2D eigenvalue weighted by molar-refractivity contribution is -0.141. The van der Waals surface area contributed by atoms with Crippen molar-refractivity contribution in [1.82, 2.24) is 5.32 Å². The first-order valence-electron chi connectivity index (χ1n) is 6.00. The highest BCUT2D eigenvalue weighted by Crippen LogP contribution is 2.17. The van der Waals surface area contributed by atoms with Crippen LogP contribution in [-0.2, 0) is 9.53 Å². The molecule has 1 atom stereocenters. The fraction of sp³-hybridized carbons (Fsp3) is 0.462. The zero-order valence-corrected chi connectivity index (χ0v) is 10.4. The molecule has 1 aromatic rings. The Morgan fingerprint density at radius 3 is 2.89 bits per heavy atom. The van der Waals surface area contributed by atoms with E-state index in [0.29, 0.717) is 6.42 Å². The van der Waals surface area contributed by atoms with E-state index in [4.69, 9.17) is 0 Å². The Morgan fingerprint density at radius 2 is 2.22 bits per heavy atom. The maximum atomic E-state index is 12.9. The van der Waals surface area contributed by atoms with E-state index in [1.807, 2.05) is 0 Å². The molecule has 1 N–H and O–H groups in total. The molecule has 0 saturated carbocycles. The smallest absolute Gasteiger partial charge is 0.307 e. The predicted molar refractivity (Wildman–Crippen MR) is 67.0 cm³/mol. The fourth-order valence-electron chi connectivity index (χ4n) is 2.13. The van der Waals surface area contributed by atoms with Gasteiger partial charge in [0.05, 0.1) is 13.5 Å². The molecule has 0 amide bonds. The van der Waals surface area contributed by atoms with Crippen molar-refractivity contribution in [2.75, 3.05) is 31.6 Å². The summed E-state index contributed by atoms with van der Waals surface area (Å²) in [4.78, 5) is 13.4. The summed E-state index contributed by atoms with van der Waals surface area (Å²) in [6.45, 7) is 2.38. The molecule has 1 aliphatic heterocycles. The van der Waals surface area contributed by atoms with Gasteiger partial charge < -0.3 is 15.0 Å². The Hall–Kier alpha value is -1.62. The lowest BCUT2D eigenvalue weighted by Gasteiger charge is -2.34. The van der Waals surface area contributed by atoms with Gasteiger partial charge >= 0.3 is 5.97 Å². The maximum absolute atomic E-state index is 12.9. The van der Waals surface area contributed by atoms with E-state index in [2.05, 4.69) is 15.0 Å². The van der Waals surface area contributed by atoms with Crippen molar-refractivity contribution in [2.24, 2.45) is 0 Å². The molecule has 1 heterocycles. The molecular formula is C13H17FN2O2. The van der Waals surface area contributed by atoms with Gasteiger partial charge in [-0.05, 0) is 24.3 Å². The average molecular weight is 252 g/mol. The second-order valence-corrected chi connectivity index (χ2v) is 4.35. The Morgan fingerprint density at radius 1 is 1.50 bits per heavy atom. The highest BCUT2D eigenvalue weighted by Gasteiger charge is 2.22. The van der Waals surface area contributed by atoms with Crippen molar-refractivity contribution in [3.63, 3.8) is 0 Å². The molecule has 0 radical (unpaired) electrons. The molecule has 0 aliphatic carbocycles. The van der Waals surface area contributed by atoms with Crippen LogP contribution in [-0.4, -0.2) is 38.8 Å². The zero-order valence-electron chi connectivity index (χ0n) is 10.4. The summed E-state index contributed by atoms with van der Waals surface area (Å²) in [5.41, 5.74) is 0.979. The van der Waals surface area contributed by atoms with Gasteiger partial charge in [0.15, 0.2) is 0 Å². The first kappa shape index (κ1) is 12.8. The number of nitrogens with one attached hydrogen (secondary N) is 1. The van der Waals surface area contributed by atoms with Crippen molar-refractivity contribution in [3.8, 4) is 0 Å². The lowest BCUT2D eigenvalue weighted by atomic mass is 10.1. The summed E-state index contributed by atoms with van der Waals surface area (Å²) in [5.74, 6) is -0.451. The van der Waals surface area contributed by atoms with E-state index in [-0.39, 0.29) is 17.8 Å². The number of nitrogens with zero attached hydrogens (tertiary/aromatic N) is 1. The van der Waals surface area contributed by atoms with Gasteiger partial charge in [-0.3, -0.25) is 4.79 Å². The van der Waals surface area contributed by atoms with Crippen LogP contribution in [0.5, 0.6) is 0 Å². The largest absolute Gasteiger partial charge is 0.469 e. The minimum Gasteiger partial charge on any atom is -0.469 e. The summed E-state index contributed by atoms with van der Waals surface area (Å²) >= 11 is 0. The van der Waals surface area contributed by atoms with Crippen LogP contribution in [0.1, 0.15) is 6.42 Å². The van der Waals surface area contributed by atoms with Crippen LogP contribution >= 0.6 is 0 Å². The van der Waals surface area contributed by atoms with Gasteiger partial charge in [-0.2, -0.15) is 0 Å². The number of esters is 1. The third-order valence-electron chi connectivity index (χ3n) is 3.09. The number of ether oxygens (including phenoxy) is 1. The molecule has 1 fully saturated rings. The van der Waals surface area contributed by atoms with Gasteiger partial charge in [-0.25, -0.2) is 4.39 Å². The standard InChI is InChI=1S/C13H17FN2O2/c1-18-13(17)8-11-9-16(7-6-15-11)12-4-2-10(14)3-5-12/h2-5,11,15H,6-9H2,1H3. The monoisotopic (exact) mass is 252 g/mol. The van der Waals surface area contributed by atoms with Gasteiger partial charge in [-0.1, -0.05) is 0 Å². The van der Waals surface area contributed by atoms with Crippen LogP contribution in [0, 0.1) is 5.82 Å². The van der Waals surface area contributed by atoms with E-state index in [9.17, 15) is 9.18 Å². The summed E-state index contributed by atoms with van der Waals surface area (Å²) in [6.07, 6.45) is 0.355. The molecule has 0 spiro atoms. The van der Waals surface area contributed by atoms with E-state index in [1.54, 1.807) is 12.1 Å². The van der Waals surface area contributed by atoms with E-state index < -0.39 is 0 Å². The molecule has 1 aromatic carbocycles. The van der Waals surface area contributed by atoms with Crippen LogP contribution in [0.25, 0.3) is 0 Å². The summed E-state index contributed by atoms with van der Waals surface area (Å²) in [5, 5.41) is 3.28. The first-order chi connectivity index (χ1) is 8.69. The Bertz CT molecular complexity index is 408. The molecule has 98 valence electrons. The zero-order chi connectivity index (χ0) is 13.0. The number of carbonyl (C=O) groups excluding carboxylic acids is 1. The number of carbonyl (C=O) groups is 1. The molecule has 0 aromatic heterocycles. The molecule has 1 unspecified atom stereocenters. The number of methoxy groups -OCH3 is 1. The van der Waals surface area contributed by atoms with Crippen LogP contribution in [0.4, 0.5) is 10.1 Å². The van der Waals surface area contributed by atoms with E-state index in [0.717, 1.165) is 25.3 Å². The van der Waals surface area contributed by atoms with Gasteiger partial charge in [-0.15, -0.1) is 0 Å². The molecule has 1 saturated heterocycles. The van der Waals surface area contributed by atoms with Crippen molar-refractivity contribution in [1.29, 1.82) is 0 Å². The van der Waals surface area contributed by atoms with Gasteiger partial charge in [0.25, 0.3) is 0 Å². The van der Waals surface area contributed by atoms with Crippen molar-refractivity contribution < 1.29 is 13.9 Å². The van der Waals surface area contributed by atoms with Crippen molar-refractivity contribution in [2.45, 2.75) is 12.5 Å². The van der Waals surface area contributed by atoms with Crippen LogP contribution in [0.3, 0.4) is 0 Å². The topological polar surface area (TPSA) is 41.6 Å². The Labute approximate surface area is 106 Å². The van der Waals surface area contributed by atoms with Crippen LogP contribution in [0.15, 0.2) is 24.3 Å². The first-order valence-corrected chi connectivity index (χ1v) is 6.00. The van der Waals surface area contributed by atoms with Crippen molar-refractivity contribution >= 4 is 11.7 Å². The summed E-state index contributed by atoms with van der Waals surface area (Å²) in [6, 6.07) is 6.50. The number of benzene rings is 1. The highest BCUT2D eigenvalue weighted by atomic mass is 19.1. The fourth-order valence-corrected chi connectivity index (χ4v) is 2.13. The highest BCUT2D eigenvalue weighted by molar-refractivity contribution is 5.70.